The Morgan fingerprint density at radius 3 is 1.31 bits per heavy atom. The van der Waals surface area contributed by atoms with E-state index in [4.69, 9.17) is 22.2 Å². The van der Waals surface area contributed by atoms with Crippen molar-refractivity contribution in [3.05, 3.63) is 215 Å². The van der Waals surface area contributed by atoms with Gasteiger partial charge in [0.1, 0.15) is 0 Å². The number of hydrogen-bond acceptors (Lipinski definition) is 3. The lowest BCUT2D eigenvalue weighted by atomic mass is 9.86. The highest BCUT2D eigenvalue weighted by Gasteiger charge is 2.23. The van der Waals surface area contributed by atoms with E-state index in [2.05, 4.69) is 246 Å². The maximum atomic E-state index is 6.63. The van der Waals surface area contributed by atoms with E-state index in [1.807, 2.05) is 0 Å². The lowest BCUT2D eigenvalue weighted by Gasteiger charge is -2.28. The fourth-order valence-electron chi connectivity index (χ4n) is 9.78. The van der Waals surface area contributed by atoms with Crippen LogP contribution in [0.15, 0.2) is 192 Å². The fraction of sp³-hybridized carbons (Fsp3) is 0.206. The van der Waals surface area contributed by atoms with Gasteiger partial charge in [0.2, 0.25) is 0 Å². The topological polar surface area (TPSA) is 127 Å². The first-order valence-electron chi connectivity index (χ1n) is 24.3. The Labute approximate surface area is 413 Å². The Morgan fingerprint density at radius 1 is 0.386 bits per heavy atom. The van der Waals surface area contributed by atoms with Crippen LogP contribution >= 0.6 is 0 Å². The van der Waals surface area contributed by atoms with Crippen LogP contribution in [0.3, 0.4) is 0 Å². The molecule has 0 saturated carbocycles. The molecule has 0 unspecified atom stereocenters. The molecule has 9 rings (SSSR count). The zero-order valence-corrected chi connectivity index (χ0v) is 41.6. The lowest BCUT2D eigenvalue weighted by Crippen LogP contribution is -2.45. The molecule has 0 aliphatic carbocycles. The average molecular weight is 920 g/mol. The first kappa shape index (κ1) is 47.3. The zero-order chi connectivity index (χ0) is 49.2. The Hall–Kier alpha value is -7.74. The van der Waals surface area contributed by atoms with Gasteiger partial charge in [0.05, 0.1) is 18.6 Å². The number of nitrogens with one attached hydrogen (secondary N) is 2. The molecule has 0 bridgehead atoms. The Kier molecular flexibility index (Phi) is 13.1. The van der Waals surface area contributed by atoms with Crippen LogP contribution in [0.2, 0.25) is 0 Å². The van der Waals surface area contributed by atoms with Crippen molar-refractivity contribution < 1.29 is 0 Å². The molecule has 7 heteroatoms. The van der Waals surface area contributed by atoms with Gasteiger partial charge in [0, 0.05) is 12.1 Å². The molecule has 0 aliphatic rings. The van der Waals surface area contributed by atoms with Gasteiger partial charge < -0.3 is 27.8 Å². The van der Waals surface area contributed by atoms with Crippen LogP contribution in [-0.2, 0) is 36.1 Å². The van der Waals surface area contributed by atoms with Gasteiger partial charge in [-0.15, -0.1) is 0 Å². The van der Waals surface area contributed by atoms with Crippen molar-refractivity contribution in [2.45, 2.75) is 84.6 Å². The molecule has 8 N–H and O–H groups in total. The second-order valence-corrected chi connectivity index (χ2v) is 20.6. The summed E-state index contributed by atoms with van der Waals surface area (Å²) in [6.45, 7) is 17.2. The molecule has 9 aromatic rings. The van der Waals surface area contributed by atoms with E-state index >= 15 is 0 Å². The number of nitrogens with two attached hydrogens (primary N) is 3. The Bertz CT molecular complexity index is 3390. The largest absolute Gasteiger partial charge is 0.370 e. The SMILES string of the molecule is CC(C)(C)c1ccc(-c2ccc(CN=C(N)NC(C)(C)c3ccc(-c4cccc5c(CNC(C)(C)c6ccc(-c7cccc8c(CN=C(N)N)cccc78)cc6)cccc45)cc3)c3ccccc23)cc1. The molecule has 0 amide bonds. The summed E-state index contributed by atoms with van der Waals surface area (Å²) in [5.74, 6) is 0.504. The van der Waals surface area contributed by atoms with Crippen LogP contribution in [0, 0.1) is 0 Å². The minimum absolute atomic E-state index is 0.0940. The van der Waals surface area contributed by atoms with Gasteiger partial charge in [-0.1, -0.05) is 203 Å². The molecule has 0 atom stereocenters. The monoisotopic (exact) mass is 920 g/mol. The quantitative estimate of drug-likeness (QED) is 0.0581. The lowest BCUT2D eigenvalue weighted by molar-refractivity contribution is 0.402. The van der Waals surface area contributed by atoms with Gasteiger partial charge in [-0.3, -0.25) is 0 Å². The van der Waals surface area contributed by atoms with Crippen molar-refractivity contribution >= 4 is 44.2 Å². The summed E-state index contributed by atoms with van der Waals surface area (Å²) in [5.41, 5.74) is 31.6. The van der Waals surface area contributed by atoms with Gasteiger partial charge in [0.15, 0.2) is 11.9 Å². The minimum atomic E-state index is -0.460. The van der Waals surface area contributed by atoms with Gasteiger partial charge in [-0.05, 0) is 132 Å². The van der Waals surface area contributed by atoms with E-state index in [-0.39, 0.29) is 16.9 Å². The van der Waals surface area contributed by atoms with E-state index in [1.54, 1.807) is 0 Å². The molecule has 9 aromatic carbocycles. The molecule has 0 fully saturated rings. The molecule has 0 aliphatic heterocycles. The molecular formula is C63H65N7. The molecule has 0 radical (unpaired) electrons. The first-order chi connectivity index (χ1) is 33.6. The van der Waals surface area contributed by atoms with Crippen LogP contribution in [0.25, 0.3) is 65.7 Å². The third-order valence-corrected chi connectivity index (χ3v) is 13.9. The molecular weight excluding hydrogens is 855 g/mol. The normalized spacial score (nSPS) is 12.4. The summed E-state index contributed by atoms with van der Waals surface area (Å²) in [6.07, 6.45) is 0. The second kappa shape index (κ2) is 19.3. The number of nitrogens with zero attached hydrogens (tertiary/aromatic N) is 2. The van der Waals surface area contributed by atoms with E-state index in [0.29, 0.717) is 25.6 Å². The molecule has 70 heavy (non-hydrogen) atoms. The zero-order valence-electron chi connectivity index (χ0n) is 41.6. The smallest absolute Gasteiger partial charge is 0.189 e. The van der Waals surface area contributed by atoms with Crippen molar-refractivity contribution in [1.82, 2.24) is 10.6 Å². The summed E-state index contributed by atoms with van der Waals surface area (Å²) in [5, 5.41) is 14.6. The van der Waals surface area contributed by atoms with Crippen LogP contribution in [0.4, 0.5) is 0 Å². The number of benzene rings is 9. The van der Waals surface area contributed by atoms with Crippen LogP contribution in [0.1, 0.15) is 81.8 Å². The third kappa shape index (κ3) is 10.0. The van der Waals surface area contributed by atoms with Crippen molar-refractivity contribution in [3.8, 4) is 33.4 Å². The highest BCUT2D eigenvalue weighted by atomic mass is 15.1. The molecule has 0 spiro atoms. The highest BCUT2D eigenvalue weighted by molar-refractivity contribution is 6.00. The van der Waals surface area contributed by atoms with Gasteiger partial charge >= 0.3 is 0 Å². The molecule has 0 saturated heterocycles. The summed E-state index contributed by atoms with van der Waals surface area (Å²) in [4.78, 5) is 9.12. The maximum absolute atomic E-state index is 6.63. The van der Waals surface area contributed by atoms with E-state index in [0.717, 1.165) is 33.2 Å². The van der Waals surface area contributed by atoms with Crippen LogP contribution in [-0.4, -0.2) is 11.9 Å². The summed E-state index contributed by atoms with van der Waals surface area (Å²) < 4.78 is 0. The maximum Gasteiger partial charge on any atom is 0.189 e. The van der Waals surface area contributed by atoms with E-state index in [9.17, 15) is 0 Å². The first-order valence-corrected chi connectivity index (χ1v) is 24.3. The molecule has 352 valence electrons. The highest BCUT2D eigenvalue weighted by Crippen LogP contribution is 2.36. The predicted molar refractivity (Wildman–Crippen MR) is 298 cm³/mol. The standard InChI is InChI=1S/C63H65N7/c1-61(2,3)47-31-24-43(25-32-47)55-37-30-46(52-16-8-9-17-56(52)55)39-68-60(66)70-63(6,7)49-35-28-42(29-36-49)51-19-13-21-54-45(15-11-23-58(51)54)40-69-62(4,5)48-33-26-41(27-34-48)50-18-12-20-53-44(38-67-59(64)65)14-10-22-57(50)53/h8-37,69H,38-40H2,1-7H3,(H4,64,65,67)(H3,66,68,70). The molecule has 7 nitrogen and oxygen atoms in total. The van der Waals surface area contributed by atoms with E-state index < -0.39 is 5.54 Å². The predicted octanol–water partition coefficient (Wildman–Crippen LogP) is 13.6. The van der Waals surface area contributed by atoms with E-state index in [1.165, 1.54) is 65.9 Å². The molecule has 0 aromatic heterocycles. The van der Waals surface area contributed by atoms with Gasteiger partial charge in [0.25, 0.3) is 0 Å². The number of hydrogen-bond donors (Lipinski definition) is 5. The van der Waals surface area contributed by atoms with Crippen molar-refractivity contribution in [2.24, 2.45) is 27.2 Å². The minimum Gasteiger partial charge on any atom is -0.370 e. The van der Waals surface area contributed by atoms with Crippen molar-refractivity contribution in [3.63, 3.8) is 0 Å². The average Bonchev–Trinajstić information content (AvgIpc) is 3.36. The number of guanidine groups is 2. The Balaban J connectivity index is 0.869. The third-order valence-electron chi connectivity index (χ3n) is 13.9. The Morgan fingerprint density at radius 2 is 0.786 bits per heavy atom. The van der Waals surface area contributed by atoms with Crippen molar-refractivity contribution in [1.29, 1.82) is 0 Å². The second-order valence-electron chi connectivity index (χ2n) is 20.6. The molecule has 0 heterocycles. The number of rotatable bonds is 13. The number of fused-ring (bicyclic) bond motifs is 3. The van der Waals surface area contributed by atoms with Gasteiger partial charge in [-0.2, -0.15) is 0 Å². The summed E-state index contributed by atoms with van der Waals surface area (Å²) in [6, 6.07) is 65.7. The number of aliphatic imine (C=N–C) groups is 2. The van der Waals surface area contributed by atoms with Crippen molar-refractivity contribution in [2.75, 3.05) is 0 Å². The van der Waals surface area contributed by atoms with Crippen LogP contribution < -0.4 is 27.8 Å². The summed E-state index contributed by atoms with van der Waals surface area (Å²) in [7, 11) is 0. The van der Waals surface area contributed by atoms with Crippen LogP contribution in [0.5, 0.6) is 0 Å². The summed E-state index contributed by atoms with van der Waals surface area (Å²) >= 11 is 0. The van der Waals surface area contributed by atoms with Gasteiger partial charge in [-0.25, -0.2) is 9.98 Å². The fourth-order valence-corrected chi connectivity index (χ4v) is 9.78.